The number of rotatable bonds is 13. The summed E-state index contributed by atoms with van der Waals surface area (Å²) in [5.41, 5.74) is 4.24. The molecule has 0 saturated carbocycles. The minimum atomic E-state index is -0.824. The Morgan fingerprint density at radius 3 is 2.20 bits per heavy atom. The normalized spacial score (nSPS) is 10.6. The molecule has 0 fully saturated rings. The number of aryl methyl sites for hydroxylation is 2. The van der Waals surface area contributed by atoms with Gasteiger partial charge < -0.3 is 10.2 Å². The first-order valence-corrected chi connectivity index (χ1v) is 13.2. The van der Waals surface area contributed by atoms with Crippen molar-refractivity contribution in [1.29, 1.82) is 0 Å². The summed E-state index contributed by atoms with van der Waals surface area (Å²) in [6.07, 6.45) is 2.88. The molecule has 0 unspecified atom stereocenters. The number of hydrogen-bond donors (Lipinski definition) is 2. The van der Waals surface area contributed by atoms with E-state index in [1.54, 1.807) is 23.5 Å². The Bertz CT molecular complexity index is 1100. The maximum Gasteiger partial charge on any atom is 0.304 e. The minimum absolute atomic E-state index is 0. The Balaban J connectivity index is 0.00000306. The molecule has 0 spiro atoms. The van der Waals surface area contributed by atoms with Crippen molar-refractivity contribution < 1.29 is 19.8 Å². The summed E-state index contributed by atoms with van der Waals surface area (Å²) in [6, 6.07) is 18.1. The molecule has 0 amide bonds. The van der Waals surface area contributed by atoms with Crippen LogP contribution in [0.5, 0.6) is 0 Å². The summed E-state index contributed by atoms with van der Waals surface area (Å²) in [6.45, 7) is 0. The number of carboxylic acids is 2. The van der Waals surface area contributed by atoms with Gasteiger partial charge in [-0.25, -0.2) is 0 Å². The third-order valence-corrected chi connectivity index (χ3v) is 8.08. The summed E-state index contributed by atoms with van der Waals surface area (Å²) in [5.74, 6) is -0.672. The van der Waals surface area contributed by atoms with Crippen LogP contribution >= 0.6 is 35.1 Å². The summed E-state index contributed by atoms with van der Waals surface area (Å²) >= 11 is 9.20. The van der Waals surface area contributed by atoms with E-state index in [1.807, 2.05) is 30.3 Å². The van der Waals surface area contributed by atoms with Crippen molar-refractivity contribution in [3.63, 3.8) is 0 Å². The number of carbonyl (C=O) groups is 2. The quantitative estimate of drug-likeness (QED) is 0.208. The van der Waals surface area contributed by atoms with Crippen molar-refractivity contribution in [2.75, 3.05) is 11.5 Å². The van der Waals surface area contributed by atoms with Gasteiger partial charge in [0, 0.05) is 86.7 Å². The van der Waals surface area contributed by atoms with Crippen LogP contribution in [0.15, 0.2) is 54.6 Å². The molecule has 2 aromatic carbocycles. The van der Waals surface area contributed by atoms with Crippen LogP contribution in [0.1, 0.15) is 40.7 Å². The predicted octanol–water partition coefficient (Wildman–Crippen LogP) is 5.72. The topological polar surface area (TPSA) is 87.5 Å². The van der Waals surface area contributed by atoms with Gasteiger partial charge in [-0.05, 0) is 48.6 Å². The van der Waals surface area contributed by atoms with Crippen molar-refractivity contribution in [3.05, 3.63) is 76.4 Å². The molecule has 176 valence electrons. The van der Waals surface area contributed by atoms with Gasteiger partial charge in [0.1, 0.15) is 0 Å². The van der Waals surface area contributed by atoms with Gasteiger partial charge in [-0.15, -0.1) is 23.5 Å². The Labute approximate surface area is 263 Å². The molecule has 2 N–H and O–H groups in total. The summed E-state index contributed by atoms with van der Waals surface area (Å²) in [4.78, 5) is 26.5. The van der Waals surface area contributed by atoms with E-state index in [0.29, 0.717) is 16.5 Å². The Hall–Kier alpha value is -0.220. The van der Waals surface area contributed by atoms with E-state index < -0.39 is 11.9 Å². The van der Waals surface area contributed by atoms with Gasteiger partial charge in [0.2, 0.25) is 0 Å². The fourth-order valence-corrected chi connectivity index (χ4v) is 6.21. The summed E-state index contributed by atoms with van der Waals surface area (Å²) in [7, 11) is 0. The number of benzene rings is 2. The first-order valence-electron chi connectivity index (χ1n) is 10.7. The number of aliphatic carboxylic acids is 2. The fourth-order valence-electron chi connectivity index (χ4n) is 3.39. The third-order valence-electron chi connectivity index (χ3n) is 5.00. The van der Waals surface area contributed by atoms with Gasteiger partial charge in [-0.3, -0.25) is 14.6 Å². The molecule has 0 saturated heterocycles. The molecule has 3 aromatic rings. The van der Waals surface area contributed by atoms with Gasteiger partial charge in [0.05, 0.1) is 22.9 Å². The van der Waals surface area contributed by atoms with Gasteiger partial charge in [-0.2, -0.15) is 0 Å². The smallest absolute Gasteiger partial charge is 0.304 e. The maximum atomic E-state index is 10.9. The summed E-state index contributed by atoms with van der Waals surface area (Å²) in [5, 5.41) is 19.6. The van der Waals surface area contributed by atoms with Gasteiger partial charge in [0.15, 0.2) is 0 Å². The Morgan fingerprint density at radius 1 is 0.886 bits per heavy atom. The maximum absolute atomic E-state index is 10.9. The first kappa shape index (κ1) is 32.8. The summed E-state index contributed by atoms with van der Waals surface area (Å²) < 4.78 is 0.00977. The molecular weight excluding hydrogens is 524 g/mol. The number of nitrogens with zero attached hydrogens (tertiary/aromatic N) is 1. The zero-order valence-electron chi connectivity index (χ0n) is 20.1. The van der Waals surface area contributed by atoms with Gasteiger partial charge >= 0.3 is 11.9 Å². The van der Waals surface area contributed by atoms with Crippen LogP contribution < -0.4 is 0 Å². The van der Waals surface area contributed by atoms with E-state index in [2.05, 4.69) is 24.3 Å². The Kier molecular flexibility index (Phi) is 16.2. The number of pyridine rings is 1. The fraction of sp³-hybridized carbons (Fsp3) is 0.320. The van der Waals surface area contributed by atoms with Gasteiger partial charge in [0.25, 0.3) is 0 Å². The zero-order valence-corrected chi connectivity index (χ0v) is 26.5. The monoisotopic (exact) mass is 549 g/mol. The molecule has 2 radical (unpaired) electrons. The Morgan fingerprint density at radius 2 is 1.54 bits per heavy atom. The van der Waals surface area contributed by atoms with E-state index in [-0.39, 0.29) is 76.5 Å². The number of hydrogen-bond acceptors (Lipinski definition) is 5. The van der Waals surface area contributed by atoms with Crippen LogP contribution in [-0.2, 0) is 22.4 Å². The van der Waals surface area contributed by atoms with Crippen molar-refractivity contribution >= 4 is 117 Å². The number of halogens is 1. The number of aromatic nitrogens is 1. The van der Waals surface area contributed by atoms with E-state index in [9.17, 15) is 9.59 Å². The molecule has 1 heterocycles. The first-order chi connectivity index (χ1) is 15.9. The molecule has 0 aliphatic carbocycles. The van der Waals surface area contributed by atoms with Crippen molar-refractivity contribution in [2.45, 2.75) is 36.7 Å². The average molecular weight is 550 g/mol. The van der Waals surface area contributed by atoms with Crippen molar-refractivity contribution in [3.8, 4) is 0 Å². The largest absolute Gasteiger partial charge is 0.481 e. The second-order valence-corrected chi connectivity index (χ2v) is 10.8. The third kappa shape index (κ3) is 11.8. The number of fused-ring (bicyclic) bond motifs is 1. The average Bonchev–Trinajstić information content (AvgIpc) is 2.77. The van der Waals surface area contributed by atoms with E-state index in [1.165, 1.54) is 5.56 Å². The molecule has 0 atom stereocenters. The molecule has 1 aromatic heterocycles. The van der Waals surface area contributed by atoms with E-state index >= 15 is 0 Å². The standard InChI is InChI=1S/C25H26ClNO4S2.2Na/c26-20-9-7-18-8-10-21(27-22(18)16-20)6-2-4-17-3-1-5-19(15-17)25(32-13-11-23(28)29)33-14-12-24(30)31;;/h1,3,5,7-10,15-16,25H,2,4,6,11-14H2,(H,28,29)(H,30,31);;. The zero-order chi connectivity index (χ0) is 23.6. The van der Waals surface area contributed by atoms with Crippen LogP contribution in [0, 0.1) is 0 Å². The van der Waals surface area contributed by atoms with Crippen LogP contribution in [-0.4, -0.2) is 97.8 Å². The SMILES string of the molecule is O=C(O)CCSC(SCCC(=O)O)c1cccc(CCCc2ccc3ccc(Cl)cc3n2)c1.[Na].[Na]. The van der Waals surface area contributed by atoms with E-state index in [0.717, 1.165) is 41.4 Å². The van der Waals surface area contributed by atoms with E-state index in [4.69, 9.17) is 26.8 Å². The molecule has 0 aliphatic heterocycles. The number of carboxylic acid groups (broad SMARTS) is 2. The molecule has 10 heteroatoms. The van der Waals surface area contributed by atoms with Crippen molar-refractivity contribution in [1.82, 2.24) is 4.98 Å². The number of thioether (sulfide) groups is 2. The van der Waals surface area contributed by atoms with Crippen LogP contribution in [0.2, 0.25) is 5.02 Å². The molecular formula is C25H26ClNNa2O4S2. The van der Waals surface area contributed by atoms with Crippen LogP contribution in [0.25, 0.3) is 10.9 Å². The molecule has 3 rings (SSSR count). The molecule has 35 heavy (non-hydrogen) atoms. The van der Waals surface area contributed by atoms with Gasteiger partial charge in [-0.1, -0.05) is 48.0 Å². The minimum Gasteiger partial charge on any atom is -0.481 e. The van der Waals surface area contributed by atoms with Crippen LogP contribution in [0.3, 0.4) is 0 Å². The second kappa shape index (κ2) is 17.3. The van der Waals surface area contributed by atoms with Crippen molar-refractivity contribution in [2.24, 2.45) is 0 Å². The molecule has 0 bridgehead atoms. The predicted molar refractivity (Wildman–Crippen MR) is 149 cm³/mol. The second-order valence-electron chi connectivity index (χ2n) is 7.60. The molecule has 5 nitrogen and oxygen atoms in total. The molecule has 0 aliphatic rings. The van der Waals surface area contributed by atoms with Crippen LogP contribution in [0.4, 0.5) is 0 Å².